The van der Waals surface area contributed by atoms with E-state index in [0.717, 1.165) is 0 Å². The quantitative estimate of drug-likeness (QED) is 0.238. The van der Waals surface area contributed by atoms with Crippen LogP contribution in [0.15, 0.2) is 5.16 Å². The second-order valence-corrected chi connectivity index (χ2v) is 4.28. The maximum absolute atomic E-state index is 12.6. The molecule has 4 N–H and O–H groups in total. The number of oxime groups is 1. The van der Waals surface area contributed by atoms with Gasteiger partial charge in [-0.2, -0.15) is 0 Å². The number of hydrogen-bond acceptors (Lipinski definition) is 5. The van der Waals surface area contributed by atoms with Crippen LogP contribution in [0.2, 0.25) is 0 Å². The van der Waals surface area contributed by atoms with E-state index in [2.05, 4.69) is 5.16 Å². The number of amides is 1. The van der Waals surface area contributed by atoms with Crippen LogP contribution in [0.1, 0.15) is 26.7 Å². The summed E-state index contributed by atoms with van der Waals surface area (Å²) in [5.41, 5.74) is 4.67. The fraction of sp³-hybridized carbons (Fsp3) is 0.833. The van der Waals surface area contributed by atoms with Crippen molar-refractivity contribution in [3.05, 3.63) is 0 Å². The molecule has 0 saturated heterocycles. The molecule has 0 bridgehead atoms. The predicted molar refractivity (Wildman–Crippen MR) is 72.0 cm³/mol. The van der Waals surface area contributed by atoms with Crippen LogP contribution in [0.5, 0.6) is 0 Å². The van der Waals surface area contributed by atoms with Gasteiger partial charge in [0.1, 0.15) is 5.41 Å². The Balaban J connectivity index is 5.23. The summed E-state index contributed by atoms with van der Waals surface area (Å²) in [5.74, 6) is -0.346. The number of rotatable bonds is 9. The zero-order valence-corrected chi connectivity index (χ0v) is 11.9. The Kier molecular flexibility index (Phi) is 8.09. The highest BCUT2D eigenvalue weighted by atomic mass is 16.5. The molecular weight excluding hydrogens is 250 g/mol. The van der Waals surface area contributed by atoms with Gasteiger partial charge in [-0.15, -0.1) is 0 Å². The maximum Gasteiger partial charge on any atom is 0.236 e. The van der Waals surface area contributed by atoms with Gasteiger partial charge in [-0.25, -0.2) is 0 Å². The Hall–Kier alpha value is -1.34. The second kappa shape index (κ2) is 8.71. The summed E-state index contributed by atoms with van der Waals surface area (Å²) in [6.45, 7) is 4.40. The average Bonchev–Trinajstić information content (AvgIpc) is 2.44. The van der Waals surface area contributed by atoms with Crippen molar-refractivity contribution in [2.24, 2.45) is 16.3 Å². The van der Waals surface area contributed by atoms with Gasteiger partial charge in [0.05, 0.1) is 13.2 Å². The SMILES string of the molecule is CCC(CC)(C(=O)N(CCO)CCOC)C(N)=NO. The first-order valence-electron chi connectivity index (χ1n) is 6.41. The molecule has 0 aromatic rings. The molecule has 7 nitrogen and oxygen atoms in total. The number of aliphatic hydroxyl groups excluding tert-OH is 1. The van der Waals surface area contributed by atoms with Crippen molar-refractivity contribution < 1.29 is 19.8 Å². The minimum Gasteiger partial charge on any atom is -0.409 e. The fourth-order valence-corrected chi connectivity index (χ4v) is 2.06. The molecule has 0 radical (unpaired) electrons. The molecule has 0 spiro atoms. The largest absolute Gasteiger partial charge is 0.409 e. The molecule has 7 heteroatoms. The number of carbonyl (C=O) groups excluding carboxylic acids is 1. The smallest absolute Gasteiger partial charge is 0.236 e. The molecule has 112 valence electrons. The number of nitrogens with two attached hydrogens (primary N) is 1. The van der Waals surface area contributed by atoms with Crippen molar-refractivity contribution in [2.75, 3.05) is 33.4 Å². The molecule has 0 aromatic heterocycles. The first-order chi connectivity index (χ1) is 9.03. The molecule has 19 heavy (non-hydrogen) atoms. The van der Waals surface area contributed by atoms with Crippen molar-refractivity contribution in [3.8, 4) is 0 Å². The third-order valence-corrected chi connectivity index (χ3v) is 3.44. The number of amidine groups is 1. The van der Waals surface area contributed by atoms with E-state index in [0.29, 0.717) is 26.0 Å². The minimum atomic E-state index is -1.03. The van der Waals surface area contributed by atoms with E-state index in [1.165, 1.54) is 12.0 Å². The van der Waals surface area contributed by atoms with Crippen LogP contribution in [0.25, 0.3) is 0 Å². The summed E-state index contributed by atoms with van der Waals surface area (Å²) < 4.78 is 4.95. The number of methoxy groups -OCH3 is 1. The van der Waals surface area contributed by atoms with E-state index >= 15 is 0 Å². The van der Waals surface area contributed by atoms with Crippen LogP contribution >= 0.6 is 0 Å². The minimum absolute atomic E-state index is 0.0946. The molecule has 0 aliphatic rings. The summed E-state index contributed by atoms with van der Waals surface area (Å²) in [5, 5.41) is 20.9. The molecule has 0 aliphatic carbocycles. The van der Waals surface area contributed by atoms with Gasteiger partial charge in [0.25, 0.3) is 0 Å². The number of aliphatic hydroxyl groups is 1. The topological polar surface area (TPSA) is 108 Å². The van der Waals surface area contributed by atoms with Gasteiger partial charge in [-0.3, -0.25) is 4.79 Å². The fourth-order valence-electron chi connectivity index (χ4n) is 2.06. The highest BCUT2D eigenvalue weighted by Gasteiger charge is 2.42. The molecule has 0 aliphatic heterocycles. The lowest BCUT2D eigenvalue weighted by atomic mass is 9.79. The number of ether oxygens (including phenoxy) is 1. The molecule has 0 unspecified atom stereocenters. The van der Waals surface area contributed by atoms with E-state index in [9.17, 15) is 4.79 Å². The molecule has 0 atom stereocenters. The van der Waals surface area contributed by atoms with Gasteiger partial charge in [0.2, 0.25) is 5.91 Å². The molecule has 0 heterocycles. The molecule has 0 rings (SSSR count). The lowest BCUT2D eigenvalue weighted by Gasteiger charge is -2.34. The Bertz CT molecular complexity index is 303. The van der Waals surface area contributed by atoms with Crippen molar-refractivity contribution in [1.82, 2.24) is 4.90 Å². The van der Waals surface area contributed by atoms with E-state index < -0.39 is 5.41 Å². The lowest BCUT2D eigenvalue weighted by molar-refractivity contribution is -0.140. The van der Waals surface area contributed by atoms with E-state index in [1.54, 1.807) is 0 Å². The number of nitrogens with zero attached hydrogens (tertiary/aromatic N) is 2. The number of hydrogen-bond donors (Lipinski definition) is 3. The Labute approximate surface area is 114 Å². The van der Waals surface area contributed by atoms with Gasteiger partial charge >= 0.3 is 0 Å². The highest BCUT2D eigenvalue weighted by molar-refractivity contribution is 6.06. The van der Waals surface area contributed by atoms with Crippen LogP contribution in [-0.2, 0) is 9.53 Å². The van der Waals surface area contributed by atoms with Crippen LogP contribution < -0.4 is 5.73 Å². The number of carbonyl (C=O) groups is 1. The van der Waals surface area contributed by atoms with E-state index in [-0.39, 0.29) is 24.9 Å². The Morgan fingerprint density at radius 3 is 2.32 bits per heavy atom. The molecule has 1 amide bonds. The summed E-state index contributed by atoms with van der Waals surface area (Å²) in [4.78, 5) is 14.1. The second-order valence-electron chi connectivity index (χ2n) is 4.28. The van der Waals surface area contributed by atoms with E-state index in [1.807, 2.05) is 13.8 Å². The first kappa shape index (κ1) is 17.7. The van der Waals surface area contributed by atoms with Crippen LogP contribution in [-0.4, -0.2) is 60.4 Å². The van der Waals surface area contributed by atoms with Crippen molar-refractivity contribution in [1.29, 1.82) is 0 Å². The van der Waals surface area contributed by atoms with Crippen molar-refractivity contribution >= 4 is 11.7 Å². The van der Waals surface area contributed by atoms with Gasteiger partial charge in [-0.05, 0) is 12.8 Å². The highest BCUT2D eigenvalue weighted by Crippen LogP contribution is 2.29. The maximum atomic E-state index is 12.6. The normalized spacial score (nSPS) is 12.5. The lowest BCUT2D eigenvalue weighted by Crippen LogP contribution is -2.52. The average molecular weight is 275 g/mol. The third-order valence-electron chi connectivity index (χ3n) is 3.44. The Morgan fingerprint density at radius 2 is 1.95 bits per heavy atom. The summed E-state index contributed by atoms with van der Waals surface area (Å²) in [6, 6.07) is 0. The Morgan fingerprint density at radius 1 is 1.37 bits per heavy atom. The third kappa shape index (κ3) is 4.07. The standard InChI is InChI=1S/C12H25N3O4/c1-4-12(5-2,10(13)14-18)11(17)15(6-8-16)7-9-19-3/h16,18H,4-9H2,1-3H3,(H2,13,14). The van der Waals surface area contributed by atoms with Gasteiger partial charge in [0, 0.05) is 20.2 Å². The monoisotopic (exact) mass is 275 g/mol. The van der Waals surface area contributed by atoms with Crippen molar-refractivity contribution in [3.63, 3.8) is 0 Å². The molecule has 0 fully saturated rings. The zero-order chi connectivity index (χ0) is 14.9. The molecular formula is C12H25N3O4. The van der Waals surface area contributed by atoms with Crippen LogP contribution in [0.3, 0.4) is 0 Å². The zero-order valence-electron chi connectivity index (χ0n) is 11.9. The van der Waals surface area contributed by atoms with Gasteiger partial charge in [-0.1, -0.05) is 19.0 Å². The van der Waals surface area contributed by atoms with Crippen LogP contribution in [0.4, 0.5) is 0 Å². The predicted octanol–water partition coefficient (Wildman–Crippen LogP) is 0.00650. The van der Waals surface area contributed by atoms with Gasteiger partial charge in [0.15, 0.2) is 5.84 Å². The van der Waals surface area contributed by atoms with Gasteiger partial charge < -0.3 is 25.7 Å². The first-order valence-corrected chi connectivity index (χ1v) is 6.41. The van der Waals surface area contributed by atoms with Crippen molar-refractivity contribution in [2.45, 2.75) is 26.7 Å². The summed E-state index contributed by atoms with van der Waals surface area (Å²) in [7, 11) is 1.54. The van der Waals surface area contributed by atoms with E-state index in [4.69, 9.17) is 20.8 Å². The summed E-state index contributed by atoms with van der Waals surface area (Å²) in [6.07, 6.45) is 0.847. The molecule has 0 saturated carbocycles. The summed E-state index contributed by atoms with van der Waals surface area (Å²) >= 11 is 0. The van der Waals surface area contributed by atoms with Crippen LogP contribution in [0, 0.1) is 5.41 Å². The molecule has 0 aromatic carbocycles.